The first-order valence-electron chi connectivity index (χ1n) is 5.65. The molecule has 0 heterocycles. The Morgan fingerprint density at radius 1 is 1.00 bits per heavy atom. The Hall–Kier alpha value is -0.610. The first kappa shape index (κ1) is 14.8. The lowest BCUT2D eigenvalue weighted by Crippen LogP contribution is -2.14. The standard InChI is InChI=1S/C14H11BrCl2FN/c15-11-1-4-14(18)10(5-11)8-19-7-9-6-12(16)2-3-13(9)17/h1-6,19H,7-8H2. The lowest BCUT2D eigenvalue weighted by atomic mass is 10.2. The monoisotopic (exact) mass is 361 g/mol. The fourth-order valence-electron chi connectivity index (χ4n) is 1.69. The topological polar surface area (TPSA) is 12.0 Å². The molecule has 0 aliphatic carbocycles. The number of nitrogens with one attached hydrogen (secondary N) is 1. The lowest BCUT2D eigenvalue weighted by Gasteiger charge is -2.08. The summed E-state index contributed by atoms with van der Waals surface area (Å²) in [5.74, 6) is -0.229. The highest BCUT2D eigenvalue weighted by molar-refractivity contribution is 9.10. The zero-order valence-corrected chi connectivity index (χ0v) is 13.0. The molecule has 0 radical (unpaired) electrons. The predicted molar refractivity (Wildman–Crippen MR) is 81.1 cm³/mol. The van der Waals surface area contributed by atoms with Crippen molar-refractivity contribution in [2.75, 3.05) is 0 Å². The van der Waals surface area contributed by atoms with E-state index < -0.39 is 0 Å². The van der Waals surface area contributed by atoms with Crippen LogP contribution in [0.5, 0.6) is 0 Å². The van der Waals surface area contributed by atoms with Crippen LogP contribution in [0.3, 0.4) is 0 Å². The maximum Gasteiger partial charge on any atom is 0.127 e. The third-order valence-corrected chi connectivity index (χ3v) is 3.74. The van der Waals surface area contributed by atoms with E-state index in [2.05, 4.69) is 21.2 Å². The Balaban J connectivity index is 2.00. The minimum Gasteiger partial charge on any atom is -0.308 e. The van der Waals surface area contributed by atoms with Gasteiger partial charge in [0, 0.05) is 33.2 Å². The average Bonchev–Trinajstić information content (AvgIpc) is 2.38. The Morgan fingerprint density at radius 3 is 2.53 bits per heavy atom. The fourth-order valence-corrected chi connectivity index (χ4v) is 2.48. The van der Waals surface area contributed by atoms with Gasteiger partial charge in [0.25, 0.3) is 0 Å². The third-order valence-electron chi connectivity index (χ3n) is 2.65. The summed E-state index contributed by atoms with van der Waals surface area (Å²) in [5.41, 5.74) is 1.50. The van der Waals surface area contributed by atoms with E-state index in [1.807, 2.05) is 0 Å². The highest BCUT2D eigenvalue weighted by Crippen LogP contribution is 2.21. The molecule has 5 heteroatoms. The van der Waals surface area contributed by atoms with E-state index in [1.54, 1.807) is 30.3 Å². The van der Waals surface area contributed by atoms with Gasteiger partial charge in [-0.2, -0.15) is 0 Å². The summed E-state index contributed by atoms with van der Waals surface area (Å²) in [4.78, 5) is 0. The number of halogens is 4. The largest absolute Gasteiger partial charge is 0.308 e. The van der Waals surface area contributed by atoms with E-state index in [0.29, 0.717) is 28.7 Å². The van der Waals surface area contributed by atoms with Gasteiger partial charge in [0.05, 0.1) is 0 Å². The highest BCUT2D eigenvalue weighted by Gasteiger charge is 2.04. The molecule has 0 fully saturated rings. The SMILES string of the molecule is Fc1ccc(Br)cc1CNCc1cc(Cl)ccc1Cl. The molecule has 2 aromatic carbocycles. The van der Waals surface area contributed by atoms with Gasteiger partial charge in [0.15, 0.2) is 0 Å². The number of benzene rings is 2. The Labute approximate surface area is 129 Å². The van der Waals surface area contributed by atoms with Crippen molar-refractivity contribution >= 4 is 39.1 Å². The maximum absolute atomic E-state index is 13.5. The predicted octanol–water partition coefficient (Wildman–Crippen LogP) is 5.18. The fraction of sp³-hybridized carbons (Fsp3) is 0.143. The molecule has 0 aliphatic rings. The summed E-state index contributed by atoms with van der Waals surface area (Å²) >= 11 is 15.3. The van der Waals surface area contributed by atoms with Gasteiger partial charge in [-0.05, 0) is 42.0 Å². The van der Waals surface area contributed by atoms with Crippen LogP contribution in [0.2, 0.25) is 10.0 Å². The summed E-state index contributed by atoms with van der Waals surface area (Å²) in [5, 5.41) is 4.43. The molecule has 2 rings (SSSR count). The first-order valence-corrected chi connectivity index (χ1v) is 7.20. The minimum atomic E-state index is -0.229. The maximum atomic E-state index is 13.5. The van der Waals surface area contributed by atoms with Gasteiger partial charge in [-0.25, -0.2) is 4.39 Å². The second kappa shape index (κ2) is 6.71. The van der Waals surface area contributed by atoms with Crippen LogP contribution < -0.4 is 5.32 Å². The van der Waals surface area contributed by atoms with Crippen molar-refractivity contribution in [1.82, 2.24) is 5.32 Å². The van der Waals surface area contributed by atoms with Crippen molar-refractivity contribution in [1.29, 1.82) is 0 Å². The molecule has 0 saturated heterocycles. The summed E-state index contributed by atoms with van der Waals surface area (Å²) in [6, 6.07) is 10.2. The number of rotatable bonds is 4. The Bertz CT molecular complexity index is 538. The molecule has 19 heavy (non-hydrogen) atoms. The van der Waals surface area contributed by atoms with E-state index in [9.17, 15) is 4.39 Å². The molecular formula is C14H11BrCl2FN. The van der Waals surface area contributed by atoms with E-state index in [1.165, 1.54) is 6.07 Å². The average molecular weight is 363 g/mol. The third kappa shape index (κ3) is 4.18. The molecule has 0 aromatic heterocycles. The van der Waals surface area contributed by atoms with Gasteiger partial charge < -0.3 is 5.32 Å². The molecule has 0 spiro atoms. The van der Waals surface area contributed by atoms with Gasteiger partial charge in [-0.1, -0.05) is 39.1 Å². The molecule has 1 nitrogen and oxygen atoms in total. The van der Waals surface area contributed by atoms with Gasteiger partial charge >= 0.3 is 0 Å². The van der Waals surface area contributed by atoms with Gasteiger partial charge in [-0.15, -0.1) is 0 Å². The minimum absolute atomic E-state index is 0.229. The van der Waals surface area contributed by atoms with Crippen molar-refractivity contribution in [3.8, 4) is 0 Å². The summed E-state index contributed by atoms with van der Waals surface area (Å²) < 4.78 is 14.4. The molecular weight excluding hydrogens is 352 g/mol. The molecule has 0 atom stereocenters. The molecule has 1 N–H and O–H groups in total. The molecule has 0 aliphatic heterocycles. The molecule has 0 bridgehead atoms. The van der Waals surface area contributed by atoms with Gasteiger partial charge in [0.2, 0.25) is 0 Å². The molecule has 0 saturated carbocycles. The van der Waals surface area contributed by atoms with Crippen LogP contribution in [0.4, 0.5) is 4.39 Å². The zero-order chi connectivity index (χ0) is 13.8. The molecule has 0 amide bonds. The molecule has 0 unspecified atom stereocenters. The smallest absolute Gasteiger partial charge is 0.127 e. The second-order valence-electron chi connectivity index (χ2n) is 4.08. The highest BCUT2D eigenvalue weighted by atomic mass is 79.9. The van der Waals surface area contributed by atoms with Crippen molar-refractivity contribution in [3.05, 3.63) is 67.9 Å². The normalized spacial score (nSPS) is 10.7. The molecule has 2 aromatic rings. The summed E-state index contributed by atoms with van der Waals surface area (Å²) in [6.07, 6.45) is 0. The van der Waals surface area contributed by atoms with E-state index in [4.69, 9.17) is 23.2 Å². The Kier molecular flexibility index (Phi) is 5.22. The van der Waals surface area contributed by atoms with Crippen molar-refractivity contribution in [2.24, 2.45) is 0 Å². The van der Waals surface area contributed by atoms with E-state index in [0.717, 1.165) is 10.0 Å². The van der Waals surface area contributed by atoms with Gasteiger partial charge in [0.1, 0.15) is 5.82 Å². The summed E-state index contributed by atoms with van der Waals surface area (Å²) in [6.45, 7) is 0.958. The van der Waals surface area contributed by atoms with Gasteiger partial charge in [-0.3, -0.25) is 0 Å². The van der Waals surface area contributed by atoms with E-state index >= 15 is 0 Å². The van der Waals surface area contributed by atoms with Crippen LogP contribution in [-0.4, -0.2) is 0 Å². The Morgan fingerprint density at radius 2 is 1.74 bits per heavy atom. The van der Waals surface area contributed by atoms with Crippen molar-refractivity contribution < 1.29 is 4.39 Å². The molecule has 100 valence electrons. The van der Waals surface area contributed by atoms with Crippen molar-refractivity contribution in [3.63, 3.8) is 0 Å². The van der Waals surface area contributed by atoms with Crippen LogP contribution in [-0.2, 0) is 13.1 Å². The lowest BCUT2D eigenvalue weighted by molar-refractivity contribution is 0.587. The van der Waals surface area contributed by atoms with E-state index in [-0.39, 0.29) is 5.82 Å². The number of hydrogen-bond acceptors (Lipinski definition) is 1. The first-order chi connectivity index (χ1) is 9.06. The van der Waals surface area contributed by atoms with Crippen LogP contribution in [0.25, 0.3) is 0 Å². The zero-order valence-electron chi connectivity index (χ0n) is 9.89. The number of hydrogen-bond donors (Lipinski definition) is 1. The van der Waals surface area contributed by atoms with Crippen LogP contribution in [0, 0.1) is 5.82 Å². The van der Waals surface area contributed by atoms with Crippen LogP contribution in [0.1, 0.15) is 11.1 Å². The summed E-state index contributed by atoms with van der Waals surface area (Å²) in [7, 11) is 0. The quantitative estimate of drug-likeness (QED) is 0.789. The van der Waals surface area contributed by atoms with Crippen molar-refractivity contribution in [2.45, 2.75) is 13.1 Å². The van der Waals surface area contributed by atoms with Crippen LogP contribution in [0.15, 0.2) is 40.9 Å². The van der Waals surface area contributed by atoms with Crippen LogP contribution >= 0.6 is 39.1 Å². The second-order valence-corrected chi connectivity index (χ2v) is 5.83.